The number of nitrogens with one attached hydrogen (secondary N) is 1. The number of carbonyl (C=O) groups is 2. The van der Waals surface area contributed by atoms with Crippen molar-refractivity contribution in [2.75, 3.05) is 5.32 Å². The number of aromatic nitrogens is 1. The number of pyridine rings is 1. The normalized spacial score (nSPS) is 13.7. The van der Waals surface area contributed by atoms with Crippen molar-refractivity contribution >= 4 is 29.1 Å². The number of amides is 2. The first-order valence-electron chi connectivity index (χ1n) is 9.96. The lowest BCUT2D eigenvalue weighted by atomic mass is 10.0. The number of benzene rings is 2. The molecule has 2 heterocycles. The van der Waals surface area contributed by atoms with Crippen molar-refractivity contribution in [2.24, 2.45) is 5.73 Å². The molecule has 194 valence electrons. The van der Waals surface area contributed by atoms with Gasteiger partial charge in [-0.2, -0.15) is 0 Å². The van der Waals surface area contributed by atoms with Gasteiger partial charge in [0.15, 0.2) is 11.5 Å². The van der Waals surface area contributed by atoms with Crippen molar-refractivity contribution in [1.82, 2.24) is 4.98 Å². The highest BCUT2D eigenvalue weighted by Crippen LogP contribution is 2.49. The van der Waals surface area contributed by atoms with Gasteiger partial charge >= 0.3 is 12.7 Å². The Labute approximate surface area is 208 Å². The number of hydrogen-bond donors (Lipinski definition) is 2. The second-order valence-electron chi connectivity index (χ2n) is 7.36. The Hall–Kier alpha value is -4.33. The van der Waals surface area contributed by atoms with Gasteiger partial charge in [-0.05, 0) is 31.2 Å². The molecule has 2 amide bonds. The zero-order chi connectivity index (χ0) is 27.1. The fraction of sp³-hybridized carbons (Fsp3) is 0.136. The second kappa shape index (κ2) is 9.28. The summed E-state index contributed by atoms with van der Waals surface area (Å²) in [6.07, 6.45) is -7.87. The van der Waals surface area contributed by atoms with E-state index in [0.717, 1.165) is 30.5 Å². The lowest BCUT2D eigenvalue weighted by Crippen LogP contribution is -2.26. The van der Waals surface area contributed by atoms with Crippen LogP contribution in [0.25, 0.3) is 0 Å². The summed E-state index contributed by atoms with van der Waals surface area (Å²) in [5.41, 5.74) is 4.75. The summed E-state index contributed by atoms with van der Waals surface area (Å²) >= 11 is 6.02. The molecule has 0 fully saturated rings. The Morgan fingerprint density at radius 3 is 2.43 bits per heavy atom. The maximum atomic E-state index is 13.7. The summed E-state index contributed by atoms with van der Waals surface area (Å²) in [5, 5.41) is 2.11. The van der Waals surface area contributed by atoms with E-state index in [0.29, 0.717) is 0 Å². The molecule has 9 nitrogen and oxygen atoms in total. The molecule has 1 aliphatic heterocycles. The second-order valence-corrected chi connectivity index (χ2v) is 7.77. The van der Waals surface area contributed by atoms with E-state index >= 15 is 0 Å². The van der Waals surface area contributed by atoms with Crippen LogP contribution in [0.5, 0.6) is 28.7 Å². The van der Waals surface area contributed by atoms with Crippen LogP contribution in [-0.4, -0.2) is 29.5 Å². The number of nitrogens with zero attached hydrogens (tertiary/aromatic N) is 1. The quantitative estimate of drug-likeness (QED) is 0.397. The molecule has 0 bridgehead atoms. The Balaban J connectivity index is 1.71. The first kappa shape index (κ1) is 25.8. The first-order valence-corrected chi connectivity index (χ1v) is 10.3. The van der Waals surface area contributed by atoms with E-state index in [1.165, 1.54) is 19.1 Å². The van der Waals surface area contributed by atoms with Gasteiger partial charge in [0.05, 0.1) is 22.5 Å². The van der Waals surface area contributed by atoms with Gasteiger partial charge in [-0.1, -0.05) is 11.6 Å². The third-order valence-corrected chi connectivity index (χ3v) is 5.05. The summed E-state index contributed by atoms with van der Waals surface area (Å²) in [7, 11) is 0. The van der Waals surface area contributed by atoms with E-state index in [2.05, 4.69) is 24.5 Å². The fourth-order valence-electron chi connectivity index (χ4n) is 3.26. The largest absolute Gasteiger partial charge is 0.586 e. The number of primary amides is 1. The highest BCUT2D eigenvalue weighted by Gasteiger charge is 2.46. The summed E-state index contributed by atoms with van der Waals surface area (Å²) in [6.45, 7) is 1.28. The summed E-state index contributed by atoms with van der Waals surface area (Å²) in [5.74, 6) is -3.80. The predicted molar refractivity (Wildman–Crippen MR) is 116 cm³/mol. The molecule has 3 N–H and O–H groups in total. The summed E-state index contributed by atoms with van der Waals surface area (Å²) < 4.78 is 83.3. The molecule has 0 saturated heterocycles. The molecule has 0 atom stereocenters. The van der Waals surface area contributed by atoms with E-state index in [1.807, 2.05) is 0 Å². The topological polar surface area (TPSA) is 122 Å². The molecule has 2 aromatic carbocycles. The van der Waals surface area contributed by atoms with Crippen molar-refractivity contribution in [1.29, 1.82) is 0 Å². The molecule has 1 aromatic heterocycles. The molecule has 0 unspecified atom stereocenters. The third-order valence-electron chi connectivity index (χ3n) is 4.76. The number of ether oxygens (including phenoxy) is 4. The van der Waals surface area contributed by atoms with Crippen LogP contribution in [0.4, 0.5) is 27.6 Å². The third kappa shape index (κ3) is 5.74. The number of nitrogens with two attached hydrogens (primary N) is 1. The van der Waals surface area contributed by atoms with Crippen LogP contribution in [0.15, 0.2) is 42.6 Å². The first-order chi connectivity index (χ1) is 17.2. The van der Waals surface area contributed by atoms with Gasteiger partial charge in [0.2, 0.25) is 0 Å². The Bertz CT molecular complexity index is 1400. The van der Waals surface area contributed by atoms with Gasteiger partial charge in [0, 0.05) is 17.7 Å². The molecule has 0 radical (unpaired) electrons. The van der Waals surface area contributed by atoms with Crippen LogP contribution >= 0.6 is 11.6 Å². The van der Waals surface area contributed by atoms with Crippen molar-refractivity contribution in [3.05, 3.63) is 64.4 Å². The van der Waals surface area contributed by atoms with Crippen LogP contribution in [0.2, 0.25) is 5.02 Å². The molecule has 1 aliphatic rings. The fourth-order valence-corrected chi connectivity index (χ4v) is 3.47. The van der Waals surface area contributed by atoms with Crippen molar-refractivity contribution < 1.29 is 50.5 Å². The van der Waals surface area contributed by atoms with Gasteiger partial charge < -0.3 is 30.0 Å². The van der Waals surface area contributed by atoms with Gasteiger partial charge in [0.25, 0.3) is 11.8 Å². The van der Waals surface area contributed by atoms with E-state index in [4.69, 9.17) is 22.1 Å². The summed E-state index contributed by atoms with van der Waals surface area (Å²) in [4.78, 5) is 28.1. The number of anilines is 1. The molecule has 0 saturated carbocycles. The smallest absolute Gasteiger partial charge is 0.455 e. The van der Waals surface area contributed by atoms with E-state index in [9.17, 15) is 31.5 Å². The van der Waals surface area contributed by atoms with Gasteiger partial charge in [-0.15, -0.1) is 22.0 Å². The van der Waals surface area contributed by atoms with Gasteiger partial charge in [0.1, 0.15) is 22.9 Å². The number of rotatable bonds is 6. The Morgan fingerprint density at radius 1 is 1.11 bits per heavy atom. The average molecular weight is 546 g/mol. The van der Waals surface area contributed by atoms with Crippen LogP contribution in [0, 0.1) is 6.92 Å². The highest BCUT2D eigenvalue weighted by molar-refractivity contribution is 6.32. The maximum absolute atomic E-state index is 13.7. The van der Waals surface area contributed by atoms with Crippen LogP contribution in [0.3, 0.4) is 0 Å². The number of hydrogen-bond acceptors (Lipinski definition) is 7. The molecule has 15 heteroatoms. The van der Waals surface area contributed by atoms with Crippen LogP contribution < -0.4 is 30.0 Å². The van der Waals surface area contributed by atoms with Crippen molar-refractivity contribution in [3.8, 4) is 28.7 Å². The minimum absolute atomic E-state index is 0.0731. The predicted octanol–water partition coefficient (Wildman–Crippen LogP) is 5.41. The lowest BCUT2D eigenvalue weighted by Gasteiger charge is -2.16. The molecule has 3 aromatic rings. The highest BCUT2D eigenvalue weighted by atomic mass is 35.5. The molecular weight excluding hydrogens is 533 g/mol. The zero-order valence-corrected chi connectivity index (χ0v) is 19.0. The summed E-state index contributed by atoms with van der Waals surface area (Å²) in [6, 6.07) is 6.22. The standard InChI is InChI=1S/C22H13ClF5N3O6/c1-9-17(20(33)31-10-2-4-13(19(29)32)30-8-10)15(7-16-18(9)37-22(27,28)36-16)34-14-5-3-11(6-12(14)23)35-21(24,25)26/h2-8H,1H3,(H2,29,32)(H,31,33). The minimum Gasteiger partial charge on any atom is -0.455 e. The van der Waals surface area contributed by atoms with Gasteiger partial charge in [-0.25, -0.2) is 4.98 Å². The van der Waals surface area contributed by atoms with Crippen molar-refractivity contribution in [3.63, 3.8) is 0 Å². The molecule has 37 heavy (non-hydrogen) atoms. The van der Waals surface area contributed by atoms with Crippen LogP contribution in [-0.2, 0) is 0 Å². The average Bonchev–Trinajstić information content (AvgIpc) is 3.09. The van der Waals surface area contributed by atoms with Gasteiger partial charge in [-0.3, -0.25) is 9.59 Å². The Morgan fingerprint density at radius 2 is 1.84 bits per heavy atom. The Kier molecular flexibility index (Phi) is 6.46. The molecule has 0 spiro atoms. The van der Waals surface area contributed by atoms with E-state index < -0.39 is 41.7 Å². The minimum atomic E-state index is -4.97. The monoisotopic (exact) mass is 545 g/mol. The zero-order valence-electron chi connectivity index (χ0n) is 18.3. The van der Waals surface area contributed by atoms with Crippen molar-refractivity contribution in [2.45, 2.75) is 19.6 Å². The van der Waals surface area contributed by atoms with E-state index in [1.54, 1.807) is 0 Å². The number of fused-ring (bicyclic) bond motifs is 1. The lowest BCUT2D eigenvalue weighted by molar-refractivity contribution is -0.287. The molecule has 0 aliphatic carbocycles. The van der Waals surface area contributed by atoms with Crippen LogP contribution in [0.1, 0.15) is 26.4 Å². The number of carbonyl (C=O) groups excluding carboxylic acids is 2. The maximum Gasteiger partial charge on any atom is 0.586 e. The number of alkyl halides is 5. The molecule has 4 rings (SSSR count). The SMILES string of the molecule is Cc1c2c(cc(Oc3ccc(OC(F)(F)F)cc3Cl)c1C(=O)Nc1ccc(C(N)=O)nc1)OC(F)(F)O2. The van der Waals surface area contributed by atoms with E-state index in [-0.39, 0.29) is 39.0 Å². The number of halogens is 6. The molecular formula is C22H13ClF5N3O6.